The predicted molar refractivity (Wildman–Crippen MR) is 65.9 cm³/mol. The van der Waals surface area contributed by atoms with Crippen molar-refractivity contribution in [1.82, 2.24) is 5.32 Å². The zero-order valence-corrected chi connectivity index (χ0v) is 10.9. The number of nitrogens with one attached hydrogen (secondary N) is 1. The summed E-state index contributed by atoms with van der Waals surface area (Å²) in [6, 6.07) is -0.487. The lowest BCUT2D eigenvalue weighted by atomic mass is 9.87. The van der Waals surface area contributed by atoms with Gasteiger partial charge < -0.3 is 16.2 Å². The zero-order chi connectivity index (χ0) is 12.8. The molecule has 0 fully saturated rings. The van der Waals surface area contributed by atoms with Gasteiger partial charge in [-0.25, -0.2) is 0 Å². The van der Waals surface area contributed by atoms with Gasteiger partial charge in [0.25, 0.3) is 0 Å². The lowest BCUT2D eigenvalue weighted by Crippen LogP contribution is -2.49. The van der Waals surface area contributed by atoms with Crippen LogP contribution in [0.5, 0.6) is 0 Å². The Morgan fingerprint density at radius 2 is 2.00 bits per heavy atom. The zero-order valence-electron chi connectivity index (χ0n) is 10.9. The monoisotopic (exact) mass is 230 g/mol. The van der Waals surface area contributed by atoms with Crippen molar-refractivity contribution in [3.05, 3.63) is 0 Å². The van der Waals surface area contributed by atoms with Crippen molar-refractivity contribution >= 4 is 5.91 Å². The molecule has 0 aromatic rings. The fourth-order valence-corrected chi connectivity index (χ4v) is 1.38. The van der Waals surface area contributed by atoms with Crippen LogP contribution in [0.25, 0.3) is 0 Å². The van der Waals surface area contributed by atoms with E-state index < -0.39 is 6.04 Å². The largest absolute Gasteiger partial charge is 0.396 e. The van der Waals surface area contributed by atoms with Crippen molar-refractivity contribution in [2.24, 2.45) is 17.1 Å². The summed E-state index contributed by atoms with van der Waals surface area (Å²) in [5.41, 5.74) is 5.61. The van der Waals surface area contributed by atoms with Gasteiger partial charge in [-0.3, -0.25) is 4.79 Å². The molecule has 0 aliphatic rings. The average molecular weight is 230 g/mol. The Balaban J connectivity index is 4.06. The highest BCUT2D eigenvalue weighted by atomic mass is 16.3. The number of aliphatic hydroxyl groups excluding tert-OH is 1. The Hall–Kier alpha value is -0.610. The van der Waals surface area contributed by atoms with Crippen LogP contribution in [-0.4, -0.2) is 30.2 Å². The summed E-state index contributed by atoms with van der Waals surface area (Å²) >= 11 is 0. The normalized spacial score (nSPS) is 15.6. The van der Waals surface area contributed by atoms with E-state index >= 15 is 0 Å². The molecular weight excluding hydrogens is 204 g/mol. The highest BCUT2D eigenvalue weighted by molar-refractivity contribution is 5.82. The van der Waals surface area contributed by atoms with Gasteiger partial charge in [0.05, 0.1) is 6.04 Å². The Morgan fingerprint density at radius 3 is 2.38 bits per heavy atom. The molecule has 0 aromatic heterocycles. The van der Waals surface area contributed by atoms with Crippen molar-refractivity contribution in [1.29, 1.82) is 0 Å². The average Bonchev–Trinajstić information content (AvgIpc) is 2.21. The van der Waals surface area contributed by atoms with E-state index in [2.05, 4.69) is 12.2 Å². The van der Waals surface area contributed by atoms with Gasteiger partial charge in [0, 0.05) is 13.2 Å². The molecule has 1 amide bonds. The predicted octanol–water partition coefficient (Wildman–Crippen LogP) is 0.885. The minimum Gasteiger partial charge on any atom is -0.396 e. The number of carbonyl (C=O) groups excluding carboxylic acids is 1. The fraction of sp³-hybridized carbons (Fsp3) is 0.917. The summed E-state index contributed by atoms with van der Waals surface area (Å²) in [4.78, 5) is 11.7. The number of hydrogen-bond donors (Lipinski definition) is 3. The van der Waals surface area contributed by atoms with Gasteiger partial charge >= 0.3 is 0 Å². The number of hydrogen-bond acceptors (Lipinski definition) is 3. The number of rotatable bonds is 6. The molecule has 0 aliphatic heterocycles. The number of aliphatic hydroxyl groups is 1. The smallest absolute Gasteiger partial charge is 0.237 e. The third-order valence-electron chi connectivity index (χ3n) is 2.90. The molecule has 4 heteroatoms. The molecule has 0 spiro atoms. The maximum Gasteiger partial charge on any atom is 0.237 e. The van der Waals surface area contributed by atoms with Crippen LogP contribution in [0.3, 0.4) is 0 Å². The lowest BCUT2D eigenvalue weighted by Gasteiger charge is -2.26. The van der Waals surface area contributed by atoms with Crippen LogP contribution in [0.15, 0.2) is 0 Å². The summed E-state index contributed by atoms with van der Waals surface area (Å²) in [6.45, 7) is 8.66. The van der Waals surface area contributed by atoms with E-state index in [1.54, 1.807) is 0 Å². The molecule has 0 bridgehead atoms. The summed E-state index contributed by atoms with van der Waals surface area (Å²) in [5.74, 6) is 0.227. The molecule has 96 valence electrons. The van der Waals surface area contributed by atoms with Gasteiger partial charge in [0.15, 0.2) is 0 Å². The van der Waals surface area contributed by atoms with Crippen LogP contribution in [0, 0.1) is 11.3 Å². The van der Waals surface area contributed by atoms with E-state index in [1.165, 1.54) is 0 Å². The minimum atomic E-state index is -0.487. The van der Waals surface area contributed by atoms with Crippen LogP contribution in [0.1, 0.15) is 40.5 Å². The van der Waals surface area contributed by atoms with Crippen LogP contribution < -0.4 is 11.1 Å². The first-order chi connectivity index (χ1) is 7.32. The second kappa shape index (κ2) is 6.86. The highest BCUT2D eigenvalue weighted by Crippen LogP contribution is 2.17. The standard InChI is InChI=1S/C12H26N2O2/c1-5-9(6-7-15)8-14-11(16)10(13)12(2,3)4/h9-10,15H,5-8,13H2,1-4H3,(H,14,16)/t9?,10-/m0/s1. The minimum absolute atomic E-state index is 0.108. The molecule has 0 heterocycles. The molecule has 0 saturated heterocycles. The Kier molecular flexibility index (Phi) is 6.60. The molecule has 0 aromatic carbocycles. The molecule has 4 nitrogen and oxygen atoms in total. The third kappa shape index (κ3) is 5.47. The molecule has 1 unspecified atom stereocenters. The van der Waals surface area contributed by atoms with Crippen molar-refractivity contribution < 1.29 is 9.90 Å². The van der Waals surface area contributed by atoms with Gasteiger partial charge in [-0.15, -0.1) is 0 Å². The summed E-state index contributed by atoms with van der Waals surface area (Å²) in [5, 5.41) is 11.7. The van der Waals surface area contributed by atoms with Crippen LogP contribution in [0.2, 0.25) is 0 Å². The van der Waals surface area contributed by atoms with E-state index in [4.69, 9.17) is 10.8 Å². The Bertz CT molecular complexity index is 212. The topological polar surface area (TPSA) is 75.3 Å². The number of amides is 1. The summed E-state index contributed by atoms with van der Waals surface area (Å²) in [7, 11) is 0. The van der Waals surface area contributed by atoms with Gasteiger partial charge in [-0.05, 0) is 17.8 Å². The first-order valence-corrected chi connectivity index (χ1v) is 5.97. The Morgan fingerprint density at radius 1 is 1.44 bits per heavy atom. The highest BCUT2D eigenvalue weighted by Gasteiger charge is 2.27. The van der Waals surface area contributed by atoms with Crippen LogP contribution in [-0.2, 0) is 4.79 Å². The van der Waals surface area contributed by atoms with Gasteiger partial charge in [0.1, 0.15) is 0 Å². The molecule has 0 radical (unpaired) electrons. The van der Waals surface area contributed by atoms with E-state index in [0.29, 0.717) is 12.5 Å². The second-order valence-corrected chi connectivity index (χ2v) is 5.38. The fourth-order valence-electron chi connectivity index (χ4n) is 1.38. The van der Waals surface area contributed by atoms with Gasteiger partial charge in [0.2, 0.25) is 5.91 Å². The van der Waals surface area contributed by atoms with E-state index in [9.17, 15) is 4.79 Å². The second-order valence-electron chi connectivity index (χ2n) is 5.38. The van der Waals surface area contributed by atoms with Crippen molar-refractivity contribution in [3.63, 3.8) is 0 Å². The first-order valence-electron chi connectivity index (χ1n) is 5.97. The molecule has 0 aliphatic carbocycles. The summed E-state index contributed by atoms with van der Waals surface area (Å²) < 4.78 is 0. The molecule has 2 atom stereocenters. The van der Waals surface area contributed by atoms with Crippen molar-refractivity contribution in [2.75, 3.05) is 13.2 Å². The van der Waals surface area contributed by atoms with Gasteiger partial charge in [-0.1, -0.05) is 34.1 Å². The third-order valence-corrected chi connectivity index (χ3v) is 2.90. The SMILES string of the molecule is CCC(CCO)CNC(=O)[C@H](N)C(C)(C)C. The van der Waals surface area contributed by atoms with E-state index in [0.717, 1.165) is 12.8 Å². The molecule has 4 N–H and O–H groups in total. The molecular formula is C12H26N2O2. The van der Waals surface area contributed by atoms with E-state index in [1.807, 2.05) is 20.8 Å². The van der Waals surface area contributed by atoms with Crippen molar-refractivity contribution in [3.8, 4) is 0 Å². The quantitative estimate of drug-likeness (QED) is 0.634. The maximum absolute atomic E-state index is 11.7. The molecule has 0 saturated carbocycles. The van der Waals surface area contributed by atoms with Gasteiger partial charge in [-0.2, -0.15) is 0 Å². The summed E-state index contributed by atoms with van der Waals surface area (Å²) in [6.07, 6.45) is 1.67. The Labute approximate surface area is 98.6 Å². The number of carbonyl (C=O) groups is 1. The van der Waals surface area contributed by atoms with E-state index in [-0.39, 0.29) is 17.9 Å². The maximum atomic E-state index is 11.7. The first kappa shape index (κ1) is 15.4. The molecule has 0 rings (SSSR count). The van der Waals surface area contributed by atoms with Crippen LogP contribution >= 0.6 is 0 Å². The van der Waals surface area contributed by atoms with Crippen LogP contribution in [0.4, 0.5) is 0 Å². The molecule has 16 heavy (non-hydrogen) atoms. The lowest BCUT2D eigenvalue weighted by molar-refractivity contribution is -0.124. The number of nitrogens with two attached hydrogens (primary N) is 1. The van der Waals surface area contributed by atoms with Crippen molar-refractivity contribution in [2.45, 2.75) is 46.6 Å².